The number of piperidine rings is 1. The van der Waals surface area contributed by atoms with Crippen LogP contribution in [0.4, 0.5) is 14.5 Å². The van der Waals surface area contributed by atoms with Crippen LogP contribution in [-0.2, 0) is 0 Å². The lowest BCUT2D eigenvalue weighted by Gasteiger charge is -2.33. The van der Waals surface area contributed by atoms with E-state index in [1.54, 1.807) is 24.4 Å². The van der Waals surface area contributed by atoms with Crippen LogP contribution in [0.3, 0.4) is 0 Å². The molecule has 132 valence electrons. The van der Waals surface area contributed by atoms with Gasteiger partial charge in [-0.3, -0.25) is 9.78 Å². The second-order valence-electron chi connectivity index (χ2n) is 6.60. The molecule has 0 N–H and O–H groups in total. The third-order valence-electron chi connectivity index (χ3n) is 5.03. The lowest BCUT2D eigenvalue weighted by molar-refractivity contribution is 0.0900. The molecule has 4 rings (SSSR count). The molecule has 1 aromatic heterocycles. The molecule has 1 saturated heterocycles. The Labute approximate surface area is 150 Å². The largest absolute Gasteiger partial charge is 0.371 e. The molecule has 3 nitrogen and oxygen atoms in total. The molecule has 3 aromatic rings. The second kappa shape index (κ2) is 6.83. The summed E-state index contributed by atoms with van der Waals surface area (Å²) in [6, 6.07) is 12.6. The van der Waals surface area contributed by atoms with Crippen molar-refractivity contribution < 1.29 is 13.6 Å². The first-order chi connectivity index (χ1) is 12.6. The summed E-state index contributed by atoms with van der Waals surface area (Å²) in [6.45, 7) is 1.43. The van der Waals surface area contributed by atoms with E-state index in [0.717, 1.165) is 23.9 Å². The van der Waals surface area contributed by atoms with Crippen molar-refractivity contribution in [2.24, 2.45) is 5.92 Å². The standard InChI is InChI=1S/C21H18F2N2O/c22-16-6-4-14(5-7-16)21(26)15-9-12-25(13-10-15)19-8-11-24-20-17(19)2-1-3-18(20)23/h1-8,11,15H,9-10,12-13H2. The van der Waals surface area contributed by atoms with Gasteiger partial charge in [-0.25, -0.2) is 8.78 Å². The van der Waals surface area contributed by atoms with E-state index in [4.69, 9.17) is 0 Å². The number of carbonyl (C=O) groups is 1. The molecule has 1 fully saturated rings. The predicted octanol–water partition coefficient (Wildman–Crippen LogP) is 4.61. The summed E-state index contributed by atoms with van der Waals surface area (Å²) in [5.74, 6) is -0.671. The normalized spacial score (nSPS) is 15.4. The third kappa shape index (κ3) is 3.05. The average molecular weight is 352 g/mol. The Morgan fingerprint density at radius 1 is 1.00 bits per heavy atom. The van der Waals surface area contributed by atoms with Gasteiger partial charge in [0.25, 0.3) is 0 Å². The van der Waals surface area contributed by atoms with Crippen molar-refractivity contribution in [2.45, 2.75) is 12.8 Å². The summed E-state index contributed by atoms with van der Waals surface area (Å²) in [7, 11) is 0. The van der Waals surface area contributed by atoms with Crippen LogP contribution in [0, 0.1) is 17.6 Å². The number of rotatable bonds is 3. The van der Waals surface area contributed by atoms with Crippen LogP contribution in [0.25, 0.3) is 10.9 Å². The SMILES string of the molecule is O=C(c1ccc(F)cc1)C1CCN(c2ccnc3c(F)cccc23)CC1. The monoisotopic (exact) mass is 352 g/mol. The Morgan fingerprint density at radius 2 is 1.73 bits per heavy atom. The lowest BCUT2D eigenvalue weighted by atomic mass is 9.88. The summed E-state index contributed by atoms with van der Waals surface area (Å²) < 4.78 is 27.0. The number of carbonyl (C=O) groups excluding carboxylic acids is 1. The Balaban J connectivity index is 1.51. The van der Waals surface area contributed by atoms with Crippen molar-refractivity contribution in [3.05, 3.63) is 71.9 Å². The molecular weight excluding hydrogens is 334 g/mol. The first-order valence-corrected chi connectivity index (χ1v) is 8.71. The van der Waals surface area contributed by atoms with Crippen molar-refractivity contribution in [1.29, 1.82) is 0 Å². The van der Waals surface area contributed by atoms with Crippen molar-refractivity contribution in [1.82, 2.24) is 4.98 Å². The van der Waals surface area contributed by atoms with Gasteiger partial charge in [0, 0.05) is 41.8 Å². The summed E-state index contributed by atoms with van der Waals surface area (Å²) in [5, 5.41) is 0.788. The minimum atomic E-state index is -0.340. The van der Waals surface area contributed by atoms with Crippen molar-refractivity contribution in [3.63, 3.8) is 0 Å². The highest BCUT2D eigenvalue weighted by molar-refractivity contribution is 5.98. The van der Waals surface area contributed by atoms with Gasteiger partial charge in [0.05, 0.1) is 0 Å². The maximum atomic E-state index is 14.0. The molecular formula is C21H18F2N2O. The van der Waals surface area contributed by atoms with E-state index in [1.807, 2.05) is 12.1 Å². The van der Waals surface area contributed by atoms with Crippen LogP contribution in [0.2, 0.25) is 0 Å². The molecule has 0 amide bonds. The molecule has 2 heterocycles. The molecule has 0 aliphatic carbocycles. The minimum absolute atomic E-state index is 0.0651. The fourth-order valence-corrected chi connectivity index (χ4v) is 3.63. The first kappa shape index (κ1) is 16.6. The first-order valence-electron chi connectivity index (χ1n) is 8.71. The molecule has 2 aromatic carbocycles. The van der Waals surface area contributed by atoms with Gasteiger partial charge in [0.15, 0.2) is 5.78 Å². The highest BCUT2D eigenvalue weighted by Gasteiger charge is 2.26. The average Bonchev–Trinajstić information content (AvgIpc) is 2.68. The molecule has 0 atom stereocenters. The van der Waals surface area contributed by atoms with E-state index in [-0.39, 0.29) is 23.3 Å². The fraction of sp³-hybridized carbons (Fsp3) is 0.238. The van der Waals surface area contributed by atoms with Crippen molar-refractivity contribution in [3.8, 4) is 0 Å². The number of halogens is 2. The highest BCUT2D eigenvalue weighted by atomic mass is 19.1. The van der Waals surface area contributed by atoms with Gasteiger partial charge in [0.1, 0.15) is 17.2 Å². The van der Waals surface area contributed by atoms with E-state index in [9.17, 15) is 13.6 Å². The van der Waals surface area contributed by atoms with Crippen LogP contribution in [0.15, 0.2) is 54.7 Å². The summed E-state index contributed by atoms with van der Waals surface area (Å²) in [6.07, 6.45) is 3.06. The van der Waals surface area contributed by atoms with Crippen LogP contribution in [0.5, 0.6) is 0 Å². The number of benzene rings is 2. The second-order valence-corrected chi connectivity index (χ2v) is 6.60. The Bertz CT molecular complexity index is 948. The fourth-order valence-electron chi connectivity index (χ4n) is 3.63. The Morgan fingerprint density at radius 3 is 2.46 bits per heavy atom. The summed E-state index contributed by atoms with van der Waals surface area (Å²) in [4.78, 5) is 18.9. The Kier molecular flexibility index (Phi) is 4.37. The van der Waals surface area contributed by atoms with Gasteiger partial charge in [-0.2, -0.15) is 0 Å². The number of ketones is 1. The van der Waals surface area contributed by atoms with Crippen LogP contribution < -0.4 is 4.90 Å². The molecule has 1 aliphatic heterocycles. The Hall–Kier alpha value is -2.82. The van der Waals surface area contributed by atoms with Gasteiger partial charge in [-0.1, -0.05) is 12.1 Å². The van der Waals surface area contributed by atoms with Gasteiger partial charge in [-0.05, 0) is 49.2 Å². The zero-order valence-corrected chi connectivity index (χ0v) is 14.2. The maximum Gasteiger partial charge on any atom is 0.166 e. The van der Waals surface area contributed by atoms with Crippen molar-refractivity contribution in [2.75, 3.05) is 18.0 Å². The molecule has 0 spiro atoms. The number of Topliss-reactive ketones (excluding diaryl/α,β-unsaturated/α-hetero) is 1. The zero-order chi connectivity index (χ0) is 18.1. The number of pyridine rings is 1. The summed E-state index contributed by atoms with van der Waals surface area (Å²) in [5.41, 5.74) is 1.87. The topological polar surface area (TPSA) is 33.2 Å². The minimum Gasteiger partial charge on any atom is -0.371 e. The predicted molar refractivity (Wildman–Crippen MR) is 97.4 cm³/mol. The van der Waals surface area contributed by atoms with E-state index >= 15 is 0 Å². The van der Waals surface area contributed by atoms with Gasteiger partial charge >= 0.3 is 0 Å². The molecule has 0 unspecified atom stereocenters. The summed E-state index contributed by atoms with van der Waals surface area (Å²) >= 11 is 0. The number of fused-ring (bicyclic) bond motifs is 1. The molecule has 0 saturated carbocycles. The van der Waals surface area contributed by atoms with E-state index in [0.29, 0.717) is 24.2 Å². The number of para-hydroxylation sites is 1. The lowest BCUT2D eigenvalue weighted by Crippen LogP contribution is -2.36. The van der Waals surface area contributed by atoms with E-state index in [1.165, 1.54) is 18.2 Å². The zero-order valence-electron chi connectivity index (χ0n) is 14.2. The van der Waals surface area contributed by atoms with Crippen LogP contribution in [0.1, 0.15) is 23.2 Å². The van der Waals surface area contributed by atoms with Crippen LogP contribution >= 0.6 is 0 Å². The number of nitrogens with zero attached hydrogens (tertiary/aromatic N) is 2. The van der Waals surface area contributed by atoms with Gasteiger partial charge < -0.3 is 4.90 Å². The number of anilines is 1. The quantitative estimate of drug-likeness (QED) is 0.645. The maximum absolute atomic E-state index is 14.0. The molecule has 1 aliphatic rings. The third-order valence-corrected chi connectivity index (χ3v) is 5.03. The van der Waals surface area contributed by atoms with E-state index < -0.39 is 0 Å². The van der Waals surface area contributed by atoms with Gasteiger partial charge in [-0.15, -0.1) is 0 Å². The highest BCUT2D eigenvalue weighted by Crippen LogP contribution is 2.31. The van der Waals surface area contributed by atoms with E-state index in [2.05, 4.69) is 9.88 Å². The van der Waals surface area contributed by atoms with Crippen LogP contribution in [-0.4, -0.2) is 23.9 Å². The number of hydrogen-bond donors (Lipinski definition) is 0. The molecule has 26 heavy (non-hydrogen) atoms. The smallest absolute Gasteiger partial charge is 0.166 e. The molecule has 0 bridgehead atoms. The van der Waals surface area contributed by atoms with Gasteiger partial charge in [0.2, 0.25) is 0 Å². The molecule has 5 heteroatoms. The number of aromatic nitrogens is 1. The number of hydrogen-bond acceptors (Lipinski definition) is 3. The van der Waals surface area contributed by atoms with Crippen molar-refractivity contribution >= 4 is 22.4 Å². The molecule has 0 radical (unpaired) electrons.